The van der Waals surface area contributed by atoms with Gasteiger partial charge in [-0.15, -0.1) is 0 Å². The summed E-state index contributed by atoms with van der Waals surface area (Å²) in [6.45, 7) is 0.598. The van der Waals surface area contributed by atoms with Crippen LogP contribution in [0.1, 0.15) is 18.7 Å². The second kappa shape index (κ2) is 11.4. The average Bonchev–Trinajstić information content (AvgIpc) is 3.05. The number of carbonyl (C=O) groups is 2. The molecule has 0 aliphatic carbocycles. The zero-order valence-electron chi connectivity index (χ0n) is 19.0. The molecule has 35 heavy (non-hydrogen) atoms. The zero-order valence-corrected chi connectivity index (χ0v) is 19.0. The minimum atomic E-state index is -1.86. The number of anilines is 1. The fourth-order valence-corrected chi connectivity index (χ4v) is 3.60. The van der Waals surface area contributed by atoms with Crippen LogP contribution in [0.2, 0.25) is 0 Å². The highest BCUT2D eigenvalue weighted by molar-refractivity contribution is 5.83. The fraction of sp³-hybridized carbons (Fsp3) is 0.455. The van der Waals surface area contributed by atoms with Gasteiger partial charge in [0.15, 0.2) is 6.23 Å². The van der Waals surface area contributed by atoms with Crippen molar-refractivity contribution in [3.05, 3.63) is 58.6 Å². The number of amides is 2. The maximum absolute atomic E-state index is 12.4. The van der Waals surface area contributed by atoms with E-state index in [1.807, 2.05) is 30.3 Å². The van der Waals surface area contributed by atoms with Crippen molar-refractivity contribution in [1.29, 1.82) is 0 Å². The van der Waals surface area contributed by atoms with Crippen molar-refractivity contribution in [3.8, 4) is 0 Å². The van der Waals surface area contributed by atoms with Crippen LogP contribution in [0.4, 0.5) is 10.6 Å². The van der Waals surface area contributed by atoms with Crippen molar-refractivity contribution in [2.45, 2.75) is 43.4 Å². The molecule has 5 atom stereocenters. The van der Waals surface area contributed by atoms with Crippen LogP contribution in [-0.4, -0.2) is 80.5 Å². The Morgan fingerprint density at radius 1 is 1.31 bits per heavy atom. The smallest absolute Gasteiger partial charge is 0.412 e. The highest BCUT2D eigenvalue weighted by Gasteiger charge is 2.53. The molecule has 3 rings (SSSR count). The first-order valence-corrected chi connectivity index (χ1v) is 10.9. The molecule has 1 fully saturated rings. The third-order valence-corrected chi connectivity index (χ3v) is 5.52. The van der Waals surface area contributed by atoms with Gasteiger partial charge < -0.3 is 35.8 Å². The topological polar surface area (TPSA) is 198 Å². The summed E-state index contributed by atoms with van der Waals surface area (Å²) in [7, 11) is 0. The third-order valence-electron chi connectivity index (χ3n) is 5.52. The molecule has 7 N–H and O–H groups in total. The number of aliphatic hydroxyl groups excluding tert-OH is 2. The molecule has 1 aromatic carbocycles. The second-order valence-electron chi connectivity index (χ2n) is 8.23. The molecule has 0 unspecified atom stereocenters. The normalized spacial score (nSPS) is 24.5. The molecule has 0 bridgehead atoms. The van der Waals surface area contributed by atoms with Crippen molar-refractivity contribution < 1.29 is 34.4 Å². The molecule has 13 nitrogen and oxygen atoms in total. The van der Waals surface area contributed by atoms with Gasteiger partial charge in [0.1, 0.15) is 30.2 Å². The maximum atomic E-state index is 12.4. The summed E-state index contributed by atoms with van der Waals surface area (Å²) in [4.78, 5) is 40.1. The molecule has 2 aromatic rings. The third kappa shape index (κ3) is 6.41. The quantitative estimate of drug-likeness (QED) is 0.224. The highest BCUT2D eigenvalue weighted by atomic mass is 16.6. The van der Waals surface area contributed by atoms with Crippen molar-refractivity contribution in [1.82, 2.24) is 14.9 Å². The predicted molar refractivity (Wildman–Crippen MR) is 122 cm³/mol. The molecular formula is C22H29N5O8. The van der Waals surface area contributed by atoms with Gasteiger partial charge in [0.25, 0.3) is 0 Å². The summed E-state index contributed by atoms with van der Waals surface area (Å²) >= 11 is 0. The number of nitrogens with one attached hydrogen (secondary N) is 2. The molecule has 2 heterocycles. The van der Waals surface area contributed by atoms with E-state index in [0.29, 0.717) is 6.42 Å². The molecule has 1 aliphatic heterocycles. The molecular weight excluding hydrogens is 462 g/mol. The van der Waals surface area contributed by atoms with Crippen LogP contribution < -0.4 is 22.1 Å². The van der Waals surface area contributed by atoms with Crippen molar-refractivity contribution in [2.24, 2.45) is 5.73 Å². The number of benzene rings is 1. The molecule has 0 saturated carbocycles. The van der Waals surface area contributed by atoms with E-state index >= 15 is 0 Å². The summed E-state index contributed by atoms with van der Waals surface area (Å²) in [5.74, 6) is -0.510. The lowest BCUT2D eigenvalue weighted by molar-refractivity contribution is -0.122. The van der Waals surface area contributed by atoms with Gasteiger partial charge in [-0.25, -0.2) is 9.59 Å². The molecule has 1 aromatic heterocycles. The van der Waals surface area contributed by atoms with Crippen LogP contribution >= 0.6 is 0 Å². The molecule has 0 radical (unpaired) electrons. The minimum Gasteiger partial charge on any atom is -0.447 e. The van der Waals surface area contributed by atoms with Crippen LogP contribution in [0.25, 0.3) is 0 Å². The van der Waals surface area contributed by atoms with E-state index in [4.69, 9.17) is 15.2 Å². The first-order chi connectivity index (χ1) is 16.6. The number of nitrogens with two attached hydrogens (primary N) is 1. The molecule has 1 saturated heterocycles. The van der Waals surface area contributed by atoms with Gasteiger partial charge in [-0.3, -0.25) is 14.7 Å². The number of aliphatic hydroxyl groups is 3. The van der Waals surface area contributed by atoms with Gasteiger partial charge in [0.05, 0.1) is 19.2 Å². The minimum absolute atomic E-state index is 0.0339. The van der Waals surface area contributed by atoms with Gasteiger partial charge >= 0.3 is 11.8 Å². The number of rotatable bonds is 9. The van der Waals surface area contributed by atoms with Crippen LogP contribution in [0, 0.1) is 0 Å². The van der Waals surface area contributed by atoms with Gasteiger partial charge in [0.2, 0.25) is 5.91 Å². The Hall–Kier alpha value is -3.36. The van der Waals surface area contributed by atoms with E-state index in [0.717, 1.165) is 10.1 Å². The number of hydrogen-bond donors (Lipinski definition) is 6. The Labute approximate surface area is 200 Å². The Kier molecular flexibility index (Phi) is 8.53. The molecule has 0 spiro atoms. The number of aromatic nitrogens is 2. The van der Waals surface area contributed by atoms with Gasteiger partial charge in [0, 0.05) is 6.20 Å². The fourth-order valence-electron chi connectivity index (χ4n) is 3.60. The van der Waals surface area contributed by atoms with Crippen LogP contribution in [0.3, 0.4) is 0 Å². The monoisotopic (exact) mass is 491 g/mol. The second-order valence-corrected chi connectivity index (χ2v) is 8.23. The molecule has 2 amide bonds. The van der Waals surface area contributed by atoms with E-state index in [2.05, 4.69) is 15.6 Å². The van der Waals surface area contributed by atoms with E-state index in [9.17, 15) is 29.7 Å². The summed E-state index contributed by atoms with van der Waals surface area (Å²) < 4.78 is 11.3. The number of carbonyl (C=O) groups excluding carboxylic acids is 2. The lowest BCUT2D eigenvalue weighted by atomic mass is 9.96. The van der Waals surface area contributed by atoms with E-state index in [1.165, 1.54) is 19.2 Å². The van der Waals surface area contributed by atoms with Crippen molar-refractivity contribution >= 4 is 17.8 Å². The summed E-state index contributed by atoms with van der Waals surface area (Å²) in [6.07, 6.45) is -3.13. The summed E-state index contributed by atoms with van der Waals surface area (Å²) in [6, 6.07) is 9.83. The largest absolute Gasteiger partial charge is 0.447 e. The Morgan fingerprint density at radius 2 is 2.03 bits per heavy atom. The number of hydrogen-bond acceptors (Lipinski definition) is 10. The maximum Gasteiger partial charge on any atom is 0.412 e. The molecule has 1 aliphatic rings. The van der Waals surface area contributed by atoms with Gasteiger partial charge in [-0.05, 0) is 25.0 Å². The standard InChI is InChI=1S/C22H29N5O8/c1-22(33)17(29)15(12-28)35-19(22)27-9-7-16(25-20(27)31)26-21(32)34-10-8-24-18(30)14(23)11-13-5-3-2-4-6-13/h2-7,9,14-15,17,19,28-29,33H,8,10-12,23H2,1H3,(H,24,30)(H,25,26,31,32)/t14-,15+,17+,19+,22+/m0/s1. The number of ether oxygens (including phenoxy) is 2. The highest BCUT2D eigenvalue weighted by Crippen LogP contribution is 2.37. The van der Waals surface area contributed by atoms with Crippen molar-refractivity contribution in [3.63, 3.8) is 0 Å². The van der Waals surface area contributed by atoms with Crippen LogP contribution in [0.15, 0.2) is 47.4 Å². The van der Waals surface area contributed by atoms with E-state index < -0.39 is 48.5 Å². The first-order valence-electron chi connectivity index (χ1n) is 10.9. The number of nitrogens with zero attached hydrogens (tertiary/aromatic N) is 2. The van der Waals surface area contributed by atoms with Crippen LogP contribution in [-0.2, 0) is 20.7 Å². The average molecular weight is 492 g/mol. The Morgan fingerprint density at radius 3 is 2.66 bits per heavy atom. The first kappa shape index (κ1) is 26.2. The SMILES string of the molecule is C[C@@]1(O)[C@H](O)[C@@H](CO)O[C@H]1n1ccc(NC(=O)OCCNC(=O)[C@@H](N)Cc2ccccc2)nc1=O. The predicted octanol–water partition coefficient (Wildman–Crippen LogP) is -1.52. The van der Waals surface area contributed by atoms with Gasteiger partial charge in [-0.1, -0.05) is 30.3 Å². The Bertz CT molecular complexity index is 1080. The summed E-state index contributed by atoms with van der Waals surface area (Å²) in [5, 5.41) is 34.7. The molecule has 13 heteroatoms. The van der Waals surface area contributed by atoms with Gasteiger partial charge in [-0.2, -0.15) is 4.98 Å². The molecule has 190 valence electrons. The lowest BCUT2D eigenvalue weighted by Crippen LogP contribution is -2.46. The van der Waals surface area contributed by atoms with E-state index in [-0.39, 0.29) is 24.9 Å². The Balaban J connectivity index is 1.45. The van der Waals surface area contributed by atoms with E-state index in [1.54, 1.807) is 0 Å². The summed E-state index contributed by atoms with van der Waals surface area (Å²) in [5.41, 5.74) is 4.07. The van der Waals surface area contributed by atoms with Crippen LogP contribution in [0.5, 0.6) is 0 Å². The van der Waals surface area contributed by atoms with Crippen molar-refractivity contribution in [2.75, 3.05) is 25.1 Å². The zero-order chi connectivity index (χ0) is 25.6. The lowest BCUT2D eigenvalue weighted by Gasteiger charge is -2.27.